The molecule has 5 rings (SSSR count). The lowest BCUT2D eigenvalue weighted by atomic mass is 10.1. The predicted molar refractivity (Wildman–Crippen MR) is 113 cm³/mol. The molecule has 2 aromatic rings. The van der Waals surface area contributed by atoms with E-state index in [1.54, 1.807) is 0 Å². The summed E-state index contributed by atoms with van der Waals surface area (Å²) in [7, 11) is 0. The number of nitrogens with zero attached hydrogens (tertiary/aromatic N) is 5. The minimum absolute atomic E-state index is 0.600. The van der Waals surface area contributed by atoms with E-state index in [9.17, 15) is 0 Å². The molecule has 0 radical (unpaired) electrons. The molecular formula is C21H27N7. The van der Waals surface area contributed by atoms with Crippen LogP contribution in [0.1, 0.15) is 31.2 Å². The van der Waals surface area contributed by atoms with E-state index in [0.717, 1.165) is 55.6 Å². The summed E-state index contributed by atoms with van der Waals surface area (Å²) in [5, 5.41) is 6.66. The molecule has 3 aliphatic rings. The molecule has 1 saturated carbocycles. The van der Waals surface area contributed by atoms with Gasteiger partial charge in [0.1, 0.15) is 11.6 Å². The summed E-state index contributed by atoms with van der Waals surface area (Å²) >= 11 is 0. The molecule has 146 valence electrons. The van der Waals surface area contributed by atoms with Gasteiger partial charge >= 0.3 is 0 Å². The first-order valence-corrected chi connectivity index (χ1v) is 10.4. The van der Waals surface area contributed by atoms with Gasteiger partial charge in [-0.2, -0.15) is 4.98 Å². The van der Waals surface area contributed by atoms with E-state index >= 15 is 0 Å². The van der Waals surface area contributed by atoms with Crippen molar-refractivity contribution in [1.82, 2.24) is 20.3 Å². The molecule has 2 fully saturated rings. The van der Waals surface area contributed by atoms with E-state index in [4.69, 9.17) is 4.98 Å². The Balaban J connectivity index is 1.33. The first-order valence-electron chi connectivity index (χ1n) is 10.4. The van der Waals surface area contributed by atoms with Crippen LogP contribution in [0.25, 0.3) is 6.08 Å². The number of anilines is 4. The van der Waals surface area contributed by atoms with Crippen molar-refractivity contribution in [3.05, 3.63) is 36.2 Å². The Morgan fingerprint density at radius 3 is 2.68 bits per heavy atom. The molecule has 2 N–H and O–H groups in total. The van der Waals surface area contributed by atoms with Crippen LogP contribution in [0.5, 0.6) is 0 Å². The first kappa shape index (κ1) is 17.4. The van der Waals surface area contributed by atoms with Gasteiger partial charge in [-0.3, -0.25) is 0 Å². The highest BCUT2D eigenvalue weighted by molar-refractivity contribution is 5.69. The third kappa shape index (κ3) is 3.54. The van der Waals surface area contributed by atoms with E-state index in [1.165, 1.54) is 25.7 Å². The summed E-state index contributed by atoms with van der Waals surface area (Å²) in [4.78, 5) is 18.7. The molecule has 28 heavy (non-hydrogen) atoms. The van der Waals surface area contributed by atoms with Crippen molar-refractivity contribution in [2.45, 2.75) is 31.7 Å². The minimum Gasteiger partial charge on any atom is -0.368 e. The van der Waals surface area contributed by atoms with Crippen LogP contribution >= 0.6 is 0 Å². The quantitative estimate of drug-likeness (QED) is 0.849. The van der Waals surface area contributed by atoms with Gasteiger partial charge in [0, 0.05) is 50.5 Å². The highest BCUT2D eigenvalue weighted by atomic mass is 15.3. The molecule has 0 aromatic carbocycles. The first-order chi connectivity index (χ1) is 13.9. The van der Waals surface area contributed by atoms with Crippen molar-refractivity contribution in [2.24, 2.45) is 0 Å². The van der Waals surface area contributed by atoms with Crippen LogP contribution in [0.15, 0.2) is 30.6 Å². The molecule has 1 aliphatic carbocycles. The summed E-state index contributed by atoms with van der Waals surface area (Å²) < 4.78 is 0. The molecule has 2 aliphatic heterocycles. The fraction of sp³-hybridized carbons (Fsp3) is 0.476. The van der Waals surface area contributed by atoms with E-state index in [1.807, 2.05) is 18.5 Å². The molecule has 0 amide bonds. The van der Waals surface area contributed by atoms with Gasteiger partial charge < -0.3 is 20.4 Å². The monoisotopic (exact) mass is 377 g/mol. The molecule has 1 saturated heterocycles. The van der Waals surface area contributed by atoms with Crippen LogP contribution in [0.3, 0.4) is 0 Å². The predicted octanol–water partition coefficient (Wildman–Crippen LogP) is 2.80. The van der Waals surface area contributed by atoms with E-state index in [2.05, 4.69) is 48.6 Å². The van der Waals surface area contributed by atoms with Crippen LogP contribution in [-0.4, -0.2) is 53.7 Å². The second-order valence-corrected chi connectivity index (χ2v) is 7.73. The number of rotatable bonds is 4. The molecule has 0 unspecified atom stereocenters. The third-order valence-corrected chi connectivity index (χ3v) is 5.90. The van der Waals surface area contributed by atoms with Crippen LogP contribution < -0.4 is 20.4 Å². The smallest absolute Gasteiger partial charge is 0.230 e. The largest absolute Gasteiger partial charge is 0.368 e. The molecule has 7 nitrogen and oxygen atoms in total. The zero-order valence-electron chi connectivity index (χ0n) is 16.1. The third-order valence-electron chi connectivity index (χ3n) is 5.90. The van der Waals surface area contributed by atoms with Crippen molar-refractivity contribution < 1.29 is 0 Å². The normalized spacial score (nSPS) is 19.7. The molecule has 7 heteroatoms. The topological polar surface area (TPSA) is 69.2 Å². The number of nitrogens with one attached hydrogen (secondary N) is 2. The van der Waals surface area contributed by atoms with Gasteiger partial charge in [0.15, 0.2) is 0 Å². The summed E-state index contributed by atoms with van der Waals surface area (Å²) in [6, 6.07) is 4.73. The summed E-state index contributed by atoms with van der Waals surface area (Å²) in [6.07, 6.45) is 13.3. The molecule has 2 aromatic heterocycles. The van der Waals surface area contributed by atoms with E-state index in [-0.39, 0.29) is 0 Å². The molecule has 0 atom stereocenters. The van der Waals surface area contributed by atoms with Crippen molar-refractivity contribution in [3.63, 3.8) is 0 Å². The second-order valence-electron chi connectivity index (χ2n) is 7.73. The number of aromatic nitrogens is 3. The number of hydrogen-bond donors (Lipinski definition) is 2. The Morgan fingerprint density at radius 2 is 1.89 bits per heavy atom. The lowest BCUT2D eigenvalue weighted by Gasteiger charge is -2.32. The lowest BCUT2D eigenvalue weighted by molar-refractivity contribution is 0.589. The summed E-state index contributed by atoms with van der Waals surface area (Å²) in [5.41, 5.74) is 2.27. The Bertz CT molecular complexity index is 836. The Hall–Kier alpha value is -2.67. The van der Waals surface area contributed by atoms with Crippen LogP contribution in [-0.2, 0) is 0 Å². The van der Waals surface area contributed by atoms with Gasteiger partial charge in [-0.15, -0.1) is 0 Å². The van der Waals surface area contributed by atoms with E-state index in [0.29, 0.717) is 12.0 Å². The zero-order chi connectivity index (χ0) is 18.8. The maximum absolute atomic E-state index is 4.84. The number of pyridine rings is 1. The molecule has 0 spiro atoms. The highest BCUT2D eigenvalue weighted by Gasteiger charge is 2.26. The van der Waals surface area contributed by atoms with Crippen molar-refractivity contribution in [1.29, 1.82) is 0 Å². The van der Waals surface area contributed by atoms with Gasteiger partial charge in [0.2, 0.25) is 5.95 Å². The van der Waals surface area contributed by atoms with Gasteiger partial charge in [0.05, 0.1) is 11.9 Å². The Labute approximate surface area is 165 Å². The number of hydrogen-bond acceptors (Lipinski definition) is 7. The minimum atomic E-state index is 0.600. The molecule has 4 heterocycles. The number of piperazine rings is 1. The standard InChI is InChI=1S/C21H27N7/c1-2-6-17(5-1)28-11-3-4-16-14-24-21(26-20(16)28)25-19-8-7-18(15-23-19)27-12-9-22-10-13-27/h3-4,7-8,14-15,17,22H,1-2,5-6,9-13H2,(H,23,24,25,26). The van der Waals surface area contributed by atoms with Crippen molar-refractivity contribution in [2.75, 3.05) is 47.8 Å². The average Bonchev–Trinajstić information content (AvgIpc) is 3.29. The zero-order valence-corrected chi connectivity index (χ0v) is 16.1. The maximum atomic E-state index is 4.84. The Morgan fingerprint density at radius 1 is 1.04 bits per heavy atom. The van der Waals surface area contributed by atoms with E-state index < -0.39 is 0 Å². The van der Waals surface area contributed by atoms with Crippen LogP contribution in [0.4, 0.5) is 23.3 Å². The fourth-order valence-electron chi connectivity index (χ4n) is 4.39. The Kier molecular flexibility index (Phi) is 4.83. The fourth-order valence-corrected chi connectivity index (χ4v) is 4.39. The lowest BCUT2D eigenvalue weighted by Crippen LogP contribution is -2.43. The molecular weight excluding hydrogens is 350 g/mol. The average molecular weight is 377 g/mol. The van der Waals surface area contributed by atoms with Gasteiger partial charge in [-0.1, -0.05) is 25.0 Å². The van der Waals surface area contributed by atoms with Crippen LogP contribution in [0, 0.1) is 0 Å². The van der Waals surface area contributed by atoms with Crippen molar-refractivity contribution >= 4 is 29.3 Å². The SMILES string of the molecule is C1=Cc2cnc(Nc3ccc(N4CCNCC4)cn3)nc2N(C2CCCC2)C1. The number of fused-ring (bicyclic) bond motifs is 1. The highest BCUT2D eigenvalue weighted by Crippen LogP contribution is 2.32. The van der Waals surface area contributed by atoms with Crippen LogP contribution in [0.2, 0.25) is 0 Å². The molecule has 0 bridgehead atoms. The summed E-state index contributed by atoms with van der Waals surface area (Å²) in [5.74, 6) is 2.43. The maximum Gasteiger partial charge on any atom is 0.230 e. The van der Waals surface area contributed by atoms with Gasteiger partial charge in [-0.05, 0) is 25.0 Å². The van der Waals surface area contributed by atoms with Gasteiger partial charge in [0.25, 0.3) is 0 Å². The second kappa shape index (κ2) is 7.75. The van der Waals surface area contributed by atoms with Gasteiger partial charge in [-0.25, -0.2) is 9.97 Å². The van der Waals surface area contributed by atoms with Crippen molar-refractivity contribution in [3.8, 4) is 0 Å². The summed E-state index contributed by atoms with van der Waals surface area (Å²) in [6.45, 7) is 5.02.